The van der Waals surface area contributed by atoms with Gasteiger partial charge in [0, 0.05) is 12.8 Å². The summed E-state index contributed by atoms with van der Waals surface area (Å²) in [5, 5.41) is 8.55. The lowest BCUT2D eigenvalue weighted by Gasteiger charge is -2.13. The molecule has 0 heterocycles. The van der Waals surface area contributed by atoms with E-state index >= 15 is 0 Å². The number of esters is 1. The summed E-state index contributed by atoms with van der Waals surface area (Å²) in [6.07, 6.45) is 15.2. The number of hydrogen-bond acceptors (Lipinski definition) is 3. The highest BCUT2D eigenvalue weighted by atomic mass is 16.5. The van der Waals surface area contributed by atoms with Crippen molar-refractivity contribution in [2.45, 2.75) is 103 Å². The van der Waals surface area contributed by atoms with Crippen molar-refractivity contribution in [3.63, 3.8) is 0 Å². The van der Waals surface area contributed by atoms with Crippen molar-refractivity contribution in [1.29, 1.82) is 0 Å². The SMILES string of the molecule is C=CCCCCCCCC(=O)OC(C)CCCCCCCC(=O)O. The number of rotatable bonds is 17. The van der Waals surface area contributed by atoms with E-state index in [-0.39, 0.29) is 18.5 Å². The molecule has 0 aliphatic heterocycles. The summed E-state index contributed by atoms with van der Waals surface area (Å²) >= 11 is 0. The second kappa shape index (κ2) is 16.5. The molecular formula is C20H36O4. The lowest BCUT2D eigenvalue weighted by Crippen LogP contribution is -2.14. The van der Waals surface area contributed by atoms with Crippen molar-refractivity contribution >= 4 is 11.9 Å². The molecule has 24 heavy (non-hydrogen) atoms. The van der Waals surface area contributed by atoms with Gasteiger partial charge in [0.1, 0.15) is 0 Å². The van der Waals surface area contributed by atoms with E-state index in [1.807, 2.05) is 13.0 Å². The highest BCUT2D eigenvalue weighted by Crippen LogP contribution is 2.12. The monoisotopic (exact) mass is 340 g/mol. The van der Waals surface area contributed by atoms with Gasteiger partial charge in [0.15, 0.2) is 0 Å². The molecule has 0 fully saturated rings. The van der Waals surface area contributed by atoms with Crippen molar-refractivity contribution in [3.8, 4) is 0 Å². The minimum atomic E-state index is -0.715. The number of allylic oxidation sites excluding steroid dienone is 1. The summed E-state index contributed by atoms with van der Waals surface area (Å²) in [7, 11) is 0. The molecule has 1 unspecified atom stereocenters. The predicted molar refractivity (Wildman–Crippen MR) is 98.0 cm³/mol. The Hall–Kier alpha value is -1.32. The number of carboxylic acid groups (broad SMARTS) is 1. The maximum Gasteiger partial charge on any atom is 0.306 e. The van der Waals surface area contributed by atoms with Gasteiger partial charge in [0.05, 0.1) is 6.10 Å². The fourth-order valence-electron chi connectivity index (χ4n) is 2.67. The van der Waals surface area contributed by atoms with Gasteiger partial charge in [-0.2, -0.15) is 0 Å². The van der Waals surface area contributed by atoms with E-state index in [1.165, 1.54) is 19.3 Å². The molecular weight excluding hydrogens is 304 g/mol. The Bertz CT molecular complexity index is 339. The predicted octanol–water partition coefficient (Wildman–Crippen LogP) is 5.65. The van der Waals surface area contributed by atoms with E-state index in [2.05, 4.69) is 6.58 Å². The highest BCUT2D eigenvalue weighted by Gasteiger charge is 2.09. The van der Waals surface area contributed by atoms with Crippen LogP contribution in [0, 0.1) is 0 Å². The van der Waals surface area contributed by atoms with Crippen LogP contribution >= 0.6 is 0 Å². The smallest absolute Gasteiger partial charge is 0.306 e. The van der Waals surface area contributed by atoms with Crippen LogP contribution in [0.4, 0.5) is 0 Å². The Labute approximate surface area is 147 Å². The number of hydrogen-bond donors (Lipinski definition) is 1. The van der Waals surface area contributed by atoms with E-state index < -0.39 is 5.97 Å². The standard InChI is InChI=1S/C20H36O4/c1-3-4-5-6-7-11-14-17-20(23)24-18(2)15-12-9-8-10-13-16-19(21)22/h3,18H,1,4-17H2,2H3,(H,21,22). The van der Waals surface area contributed by atoms with E-state index in [4.69, 9.17) is 9.84 Å². The average molecular weight is 341 g/mol. The van der Waals surface area contributed by atoms with Gasteiger partial charge in [-0.25, -0.2) is 0 Å². The Morgan fingerprint density at radius 2 is 1.46 bits per heavy atom. The van der Waals surface area contributed by atoms with Crippen LogP contribution in [0.3, 0.4) is 0 Å². The molecule has 0 bridgehead atoms. The van der Waals surface area contributed by atoms with E-state index in [9.17, 15) is 9.59 Å². The largest absolute Gasteiger partial charge is 0.481 e. The third kappa shape index (κ3) is 17.0. The van der Waals surface area contributed by atoms with E-state index in [0.29, 0.717) is 6.42 Å². The average Bonchev–Trinajstić information content (AvgIpc) is 2.52. The molecule has 0 spiro atoms. The Morgan fingerprint density at radius 3 is 2.08 bits per heavy atom. The molecule has 140 valence electrons. The molecule has 0 radical (unpaired) electrons. The number of aliphatic carboxylic acids is 1. The normalized spacial score (nSPS) is 11.9. The summed E-state index contributed by atoms with van der Waals surface area (Å²) in [5.74, 6) is -0.789. The second-order valence-electron chi connectivity index (χ2n) is 6.60. The Kier molecular flexibility index (Phi) is 15.6. The summed E-state index contributed by atoms with van der Waals surface area (Å²) in [6.45, 7) is 5.66. The van der Waals surface area contributed by atoms with Crippen molar-refractivity contribution < 1.29 is 19.4 Å². The first-order chi connectivity index (χ1) is 11.6. The molecule has 0 aromatic heterocycles. The quantitative estimate of drug-likeness (QED) is 0.211. The van der Waals surface area contributed by atoms with Crippen LogP contribution in [-0.4, -0.2) is 23.1 Å². The van der Waals surface area contributed by atoms with Crippen molar-refractivity contribution in [1.82, 2.24) is 0 Å². The van der Waals surface area contributed by atoms with Crippen molar-refractivity contribution in [3.05, 3.63) is 12.7 Å². The molecule has 0 aliphatic carbocycles. The number of carbonyl (C=O) groups is 2. The fourth-order valence-corrected chi connectivity index (χ4v) is 2.67. The molecule has 0 amide bonds. The molecule has 0 aromatic carbocycles. The summed E-state index contributed by atoms with van der Waals surface area (Å²) in [6, 6.07) is 0. The van der Waals surface area contributed by atoms with Gasteiger partial charge in [-0.15, -0.1) is 6.58 Å². The minimum absolute atomic E-state index is 0.0101. The zero-order valence-electron chi connectivity index (χ0n) is 15.4. The van der Waals surface area contributed by atoms with Gasteiger partial charge >= 0.3 is 11.9 Å². The maximum atomic E-state index is 11.7. The van der Waals surface area contributed by atoms with Crippen molar-refractivity contribution in [2.24, 2.45) is 0 Å². The number of unbranched alkanes of at least 4 members (excludes halogenated alkanes) is 9. The topological polar surface area (TPSA) is 63.6 Å². The fraction of sp³-hybridized carbons (Fsp3) is 0.800. The first-order valence-electron chi connectivity index (χ1n) is 9.58. The molecule has 1 N–H and O–H groups in total. The van der Waals surface area contributed by atoms with Crippen LogP contribution in [0.25, 0.3) is 0 Å². The first kappa shape index (κ1) is 22.7. The first-order valence-corrected chi connectivity index (χ1v) is 9.58. The summed E-state index contributed by atoms with van der Waals surface area (Å²) in [5.41, 5.74) is 0. The molecule has 0 saturated carbocycles. The molecule has 0 aromatic rings. The van der Waals surface area contributed by atoms with Crippen molar-refractivity contribution in [2.75, 3.05) is 0 Å². The molecule has 4 nitrogen and oxygen atoms in total. The van der Waals surface area contributed by atoms with Crippen LogP contribution in [0.2, 0.25) is 0 Å². The zero-order chi connectivity index (χ0) is 18.0. The number of ether oxygens (including phenoxy) is 1. The van der Waals surface area contributed by atoms with Crippen LogP contribution in [-0.2, 0) is 14.3 Å². The van der Waals surface area contributed by atoms with Crippen LogP contribution in [0.1, 0.15) is 96.8 Å². The van der Waals surface area contributed by atoms with Crippen LogP contribution in [0.15, 0.2) is 12.7 Å². The summed E-state index contributed by atoms with van der Waals surface area (Å²) in [4.78, 5) is 22.1. The minimum Gasteiger partial charge on any atom is -0.481 e. The second-order valence-corrected chi connectivity index (χ2v) is 6.60. The number of carbonyl (C=O) groups excluding carboxylic acids is 1. The molecule has 0 rings (SSSR count). The maximum absolute atomic E-state index is 11.7. The van der Waals surface area contributed by atoms with Gasteiger partial charge < -0.3 is 9.84 Å². The number of carboxylic acids is 1. The van der Waals surface area contributed by atoms with Gasteiger partial charge in [-0.3, -0.25) is 9.59 Å². The molecule has 4 heteroatoms. The Balaban J connectivity index is 3.39. The third-order valence-corrected chi connectivity index (χ3v) is 4.12. The lowest BCUT2D eigenvalue weighted by molar-refractivity contribution is -0.148. The van der Waals surface area contributed by atoms with E-state index in [1.54, 1.807) is 0 Å². The Morgan fingerprint density at radius 1 is 0.917 bits per heavy atom. The highest BCUT2D eigenvalue weighted by molar-refractivity contribution is 5.69. The van der Waals surface area contributed by atoms with Crippen LogP contribution < -0.4 is 0 Å². The molecule has 1 atom stereocenters. The van der Waals surface area contributed by atoms with Gasteiger partial charge in [-0.1, -0.05) is 44.6 Å². The van der Waals surface area contributed by atoms with Gasteiger partial charge in [0.2, 0.25) is 0 Å². The summed E-state index contributed by atoms with van der Waals surface area (Å²) < 4.78 is 5.42. The molecule has 0 aliphatic rings. The molecule has 0 saturated heterocycles. The lowest BCUT2D eigenvalue weighted by atomic mass is 10.1. The third-order valence-electron chi connectivity index (χ3n) is 4.12. The zero-order valence-corrected chi connectivity index (χ0v) is 15.4. The van der Waals surface area contributed by atoms with Gasteiger partial charge in [-0.05, 0) is 45.4 Å². The van der Waals surface area contributed by atoms with Crippen LogP contribution in [0.5, 0.6) is 0 Å². The van der Waals surface area contributed by atoms with E-state index in [0.717, 1.165) is 57.8 Å². The van der Waals surface area contributed by atoms with Gasteiger partial charge in [0.25, 0.3) is 0 Å².